The van der Waals surface area contributed by atoms with E-state index in [-0.39, 0.29) is 0 Å². The summed E-state index contributed by atoms with van der Waals surface area (Å²) in [5.41, 5.74) is 0. The van der Waals surface area contributed by atoms with Crippen molar-refractivity contribution in [3.05, 3.63) is 0 Å². The number of rotatable bonds is 8. The third kappa shape index (κ3) is 5.95. The molecule has 0 saturated carbocycles. The second-order valence-electron chi connectivity index (χ2n) is 5.38. The van der Waals surface area contributed by atoms with E-state index in [1.54, 1.807) is 0 Å². The molecule has 0 aromatic heterocycles. The van der Waals surface area contributed by atoms with E-state index in [0.29, 0.717) is 0 Å². The maximum atomic E-state index is 10.8. The van der Waals surface area contributed by atoms with Crippen molar-refractivity contribution in [2.75, 3.05) is 13.2 Å². The molecule has 1 fully saturated rings. The van der Waals surface area contributed by atoms with Gasteiger partial charge in [0.15, 0.2) is 6.29 Å². The highest BCUT2D eigenvalue weighted by atomic mass is 31.2. The van der Waals surface area contributed by atoms with Gasteiger partial charge in [-0.05, 0) is 6.92 Å². The van der Waals surface area contributed by atoms with E-state index in [0.717, 1.165) is 0 Å². The normalized spacial score (nSPS) is 35.5. The SMILES string of the molecule is C[C@@H]1O[C@@H](O[C@H](COP(=O)(O)O)[C@@H](O)[C@@H](O)CO)[C@H](O)[C@H](O)[C@H]1O. The topological polar surface area (TPSA) is 207 Å². The standard InChI is InChI=1S/C11H23O12P/c1-4-7(14)9(16)10(17)11(22-4)23-6(3-21-24(18,19)20)8(15)5(13)2-12/h4-17H,2-3H2,1H3,(H2,18,19,20)/t4-,5-,6+,7-,8-,9+,10+,11-/m0/s1. The van der Waals surface area contributed by atoms with Gasteiger partial charge in [-0.1, -0.05) is 0 Å². The maximum Gasteiger partial charge on any atom is 0.469 e. The highest BCUT2D eigenvalue weighted by Crippen LogP contribution is 2.36. The number of phosphoric ester groups is 1. The average Bonchev–Trinajstić information content (AvgIpc) is 2.51. The van der Waals surface area contributed by atoms with Gasteiger partial charge in [0.2, 0.25) is 0 Å². The van der Waals surface area contributed by atoms with Crippen LogP contribution in [0, 0.1) is 0 Å². The van der Waals surface area contributed by atoms with E-state index >= 15 is 0 Å². The second-order valence-corrected chi connectivity index (χ2v) is 6.62. The predicted molar refractivity (Wildman–Crippen MR) is 74.3 cm³/mol. The Balaban J connectivity index is 2.84. The number of hydrogen-bond acceptors (Lipinski definition) is 10. The van der Waals surface area contributed by atoms with Crippen LogP contribution in [0.4, 0.5) is 0 Å². The number of hydrogen-bond donors (Lipinski definition) is 8. The molecule has 1 saturated heterocycles. The Morgan fingerprint density at radius 3 is 2.21 bits per heavy atom. The summed E-state index contributed by atoms with van der Waals surface area (Å²) in [6.45, 7) is -0.429. The summed E-state index contributed by atoms with van der Waals surface area (Å²) >= 11 is 0. The number of aliphatic hydroxyl groups excluding tert-OH is 6. The fourth-order valence-corrected chi connectivity index (χ4v) is 2.38. The predicted octanol–water partition coefficient (Wildman–Crippen LogP) is -3.98. The Hall–Kier alpha value is -0.210. The first-order valence-electron chi connectivity index (χ1n) is 7.00. The van der Waals surface area contributed by atoms with Gasteiger partial charge in [0.25, 0.3) is 0 Å². The van der Waals surface area contributed by atoms with Crippen LogP contribution < -0.4 is 0 Å². The molecule has 0 bridgehead atoms. The lowest BCUT2D eigenvalue weighted by Crippen LogP contribution is -2.59. The first kappa shape index (κ1) is 21.8. The summed E-state index contributed by atoms with van der Waals surface area (Å²) in [6.07, 6.45) is -12.6. The van der Waals surface area contributed by atoms with Crippen molar-refractivity contribution in [3.63, 3.8) is 0 Å². The molecule has 144 valence electrons. The lowest BCUT2D eigenvalue weighted by Gasteiger charge is -2.41. The van der Waals surface area contributed by atoms with E-state index in [4.69, 9.17) is 24.4 Å². The lowest BCUT2D eigenvalue weighted by molar-refractivity contribution is -0.315. The Kier molecular flexibility index (Phi) is 8.13. The molecule has 0 spiro atoms. The Morgan fingerprint density at radius 1 is 1.12 bits per heavy atom. The Bertz CT molecular complexity index is 429. The third-order valence-corrected chi connectivity index (χ3v) is 3.97. The van der Waals surface area contributed by atoms with Gasteiger partial charge >= 0.3 is 7.82 Å². The molecule has 12 nitrogen and oxygen atoms in total. The molecule has 0 aromatic rings. The average molecular weight is 378 g/mol. The molecule has 1 aliphatic rings. The molecular formula is C11H23O12P. The molecule has 24 heavy (non-hydrogen) atoms. The molecule has 1 aliphatic heterocycles. The van der Waals surface area contributed by atoms with Gasteiger partial charge in [0.1, 0.15) is 36.6 Å². The summed E-state index contributed by atoms with van der Waals surface area (Å²) < 4.78 is 25.2. The molecule has 1 rings (SSSR count). The molecule has 13 heteroatoms. The Morgan fingerprint density at radius 2 is 1.71 bits per heavy atom. The highest BCUT2D eigenvalue weighted by molar-refractivity contribution is 7.46. The molecule has 0 radical (unpaired) electrons. The van der Waals surface area contributed by atoms with Gasteiger partial charge in [-0.2, -0.15) is 0 Å². The lowest BCUT2D eigenvalue weighted by atomic mass is 10.00. The van der Waals surface area contributed by atoms with Crippen LogP contribution in [0.5, 0.6) is 0 Å². The van der Waals surface area contributed by atoms with Gasteiger partial charge in [0.05, 0.1) is 19.3 Å². The summed E-state index contributed by atoms with van der Waals surface area (Å²) in [5, 5.41) is 57.2. The summed E-state index contributed by atoms with van der Waals surface area (Å²) in [4.78, 5) is 17.4. The Labute approximate surface area is 137 Å². The van der Waals surface area contributed by atoms with Crippen molar-refractivity contribution < 1.29 is 59.0 Å². The minimum absolute atomic E-state index is 0.886. The van der Waals surface area contributed by atoms with Crippen molar-refractivity contribution in [2.45, 2.75) is 55.9 Å². The molecule has 0 unspecified atom stereocenters. The van der Waals surface area contributed by atoms with Crippen molar-refractivity contribution in [1.29, 1.82) is 0 Å². The van der Waals surface area contributed by atoms with Crippen molar-refractivity contribution in [2.24, 2.45) is 0 Å². The molecule has 0 aromatic carbocycles. The number of aliphatic hydroxyl groups is 6. The van der Waals surface area contributed by atoms with Gasteiger partial charge < -0.3 is 49.9 Å². The van der Waals surface area contributed by atoms with Crippen molar-refractivity contribution >= 4 is 7.82 Å². The van der Waals surface area contributed by atoms with Crippen LogP contribution in [-0.4, -0.2) is 103 Å². The van der Waals surface area contributed by atoms with Crippen LogP contribution >= 0.6 is 7.82 Å². The van der Waals surface area contributed by atoms with Crippen LogP contribution in [0.15, 0.2) is 0 Å². The van der Waals surface area contributed by atoms with Crippen LogP contribution in [0.25, 0.3) is 0 Å². The van der Waals surface area contributed by atoms with Crippen LogP contribution in [0.1, 0.15) is 6.92 Å². The van der Waals surface area contributed by atoms with E-state index in [2.05, 4.69) is 4.52 Å². The number of ether oxygens (including phenoxy) is 2. The monoisotopic (exact) mass is 378 g/mol. The fourth-order valence-electron chi connectivity index (χ4n) is 2.04. The van der Waals surface area contributed by atoms with E-state index in [1.807, 2.05) is 0 Å². The molecule has 1 heterocycles. The zero-order valence-electron chi connectivity index (χ0n) is 12.7. The van der Waals surface area contributed by atoms with Gasteiger partial charge in [-0.3, -0.25) is 4.52 Å². The van der Waals surface area contributed by atoms with E-state index < -0.39 is 70.1 Å². The summed E-state index contributed by atoms with van der Waals surface area (Å²) in [7, 11) is -4.93. The van der Waals surface area contributed by atoms with Crippen molar-refractivity contribution in [1.82, 2.24) is 0 Å². The first-order chi connectivity index (χ1) is 11.0. The molecule has 8 atom stereocenters. The quantitative estimate of drug-likeness (QED) is 0.190. The van der Waals surface area contributed by atoms with Crippen LogP contribution in [0.3, 0.4) is 0 Å². The van der Waals surface area contributed by atoms with Gasteiger partial charge in [-0.25, -0.2) is 4.57 Å². The summed E-state index contributed by atoms with van der Waals surface area (Å²) in [5.74, 6) is 0. The van der Waals surface area contributed by atoms with E-state index in [1.165, 1.54) is 6.92 Å². The van der Waals surface area contributed by atoms with Gasteiger partial charge in [0, 0.05) is 0 Å². The minimum Gasteiger partial charge on any atom is -0.394 e. The van der Waals surface area contributed by atoms with Crippen molar-refractivity contribution in [3.8, 4) is 0 Å². The van der Waals surface area contributed by atoms with Crippen LogP contribution in [0.2, 0.25) is 0 Å². The number of phosphoric acid groups is 1. The highest BCUT2D eigenvalue weighted by Gasteiger charge is 2.44. The first-order valence-corrected chi connectivity index (χ1v) is 8.53. The largest absolute Gasteiger partial charge is 0.469 e. The summed E-state index contributed by atoms with van der Waals surface area (Å²) in [6, 6.07) is 0. The van der Waals surface area contributed by atoms with Gasteiger partial charge in [-0.15, -0.1) is 0 Å². The van der Waals surface area contributed by atoms with Crippen LogP contribution in [-0.2, 0) is 18.6 Å². The zero-order valence-corrected chi connectivity index (χ0v) is 13.6. The molecule has 8 N–H and O–H groups in total. The fraction of sp³-hybridized carbons (Fsp3) is 1.00. The van der Waals surface area contributed by atoms with E-state index in [9.17, 15) is 30.1 Å². The molecular weight excluding hydrogens is 355 g/mol. The maximum absolute atomic E-state index is 10.8. The molecule has 0 aliphatic carbocycles. The minimum atomic E-state index is -4.93. The molecule has 0 amide bonds. The smallest absolute Gasteiger partial charge is 0.394 e. The third-order valence-electron chi connectivity index (χ3n) is 3.49. The zero-order chi connectivity index (χ0) is 18.7. The second kappa shape index (κ2) is 8.94.